The number of rotatable bonds is 3. The van der Waals surface area contributed by atoms with Crippen molar-refractivity contribution in [1.29, 1.82) is 0 Å². The van der Waals surface area contributed by atoms with E-state index in [1.807, 2.05) is 27.7 Å². The molecule has 1 aromatic rings. The molecule has 0 aliphatic rings. The minimum Gasteiger partial charge on any atom is -0.182 e. The lowest BCUT2D eigenvalue weighted by Gasteiger charge is -2.04. The predicted molar refractivity (Wildman–Crippen MR) is 49.5 cm³/mol. The Balaban J connectivity index is 3.12. The molecule has 0 N–H and O–H groups in total. The molecule has 0 unspecified atom stereocenters. The van der Waals surface area contributed by atoms with Crippen molar-refractivity contribution in [3.63, 3.8) is 0 Å². The zero-order valence-corrected chi connectivity index (χ0v) is 8.83. The Morgan fingerprint density at radius 3 is 1.50 bits per heavy atom. The second-order valence-electron chi connectivity index (χ2n) is 3.88. The normalized spacial score (nSPS) is 12.1. The number of hydrogen-bond donors (Lipinski definition) is 0. The highest BCUT2D eigenvalue weighted by Gasteiger charge is 2.19. The molecule has 0 bridgehead atoms. The number of hydrogen-bond acceptors (Lipinski definition) is 2. The maximum Gasteiger partial charge on any atom is 0.348 e. The molecule has 80 valence electrons. The summed E-state index contributed by atoms with van der Waals surface area (Å²) in [5.41, 5.74) is 1.33. The van der Waals surface area contributed by atoms with Gasteiger partial charge in [-0.15, -0.1) is 4.80 Å². The molecular weight excluding hydrogens is 188 g/mol. The molecule has 3 nitrogen and oxygen atoms in total. The second-order valence-corrected chi connectivity index (χ2v) is 3.88. The van der Waals surface area contributed by atoms with E-state index in [-0.39, 0.29) is 11.8 Å². The highest BCUT2D eigenvalue weighted by Crippen LogP contribution is 2.23. The predicted octanol–water partition coefficient (Wildman–Crippen LogP) is 2.92. The lowest BCUT2D eigenvalue weighted by Crippen LogP contribution is -2.03. The maximum absolute atomic E-state index is 12.3. The third-order valence-electron chi connectivity index (χ3n) is 1.95. The van der Waals surface area contributed by atoms with Gasteiger partial charge in [0.05, 0.1) is 11.4 Å². The Morgan fingerprint density at radius 1 is 0.929 bits per heavy atom. The molecule has 0 saturated carbocycles. The van der Waals surface area contributed by atoms with Crippen molar-refractivity contribution >= 4 is 0 Å². The minimum absolute atomic E-state index is 0.125. The molecule has 0 aliphatic carbocycles. The molecule has 0 radical (unpaired) electrons. The van der Waals surface area contributed by atoms with Crippen LogP contribution in [0.4, 0.5) is 8.78 Å². The average Bonchev–Trinajstić information content (AvgIpc) is 2.47. The van der Waals surface area contributed by atoms with Gasteiger partial charge in [-0.3, -0.25) is 0 Å². The molecule has 1 aromatic heterocycles. The van der Waals surface area contributed by atoms with E-state index in [1.54, 1.807) is 0 Å². The van der Waals surface area contributed by atoms with E-state index >= 15 is 0 Å². The zero-order chi connectivity index (χ0) is 10.9. The third-order valence-corrected chi connectivity index (χ3v) is 1.95. The van der Waals surface area contributed by atoms with Gasteiger partial charge < -0.3 is 0 Å². The van der Waals surface area contributed by atoms with Crippen LogP contribution >= 0.6 is 0 Å². The van der Waals surface area contributed by atoms with Crippen LogP contribution in [0.3, 0.4) is 0 Å². The Morgan fingerprint density at radius 2 is 1.29 bits per heavy atom. The van der Waals surface area contributed by atoms with E-state index in [4.69, 9.17) is 0 Å². The Hall–Kier alpha value is -1.00. The van der Waals surface area contributed by atoms with Crippen LogP contribution in [-0.4, -0.2) is 15.0 Å². The van der Waals surface area contributed by atoms with Gasteiger partial charge in [-0.2, -0.15) is 19.0 Å². The van der Waals surface area contributed by atoms with Gasteiger partial charge in [-0.1, -0.05) is 27.7 Å². The molecule has 0 fully saturated rings. The molecular formula is C9H15F2N3. The van der Waals surface area contributed by atoms with Crippen molar-refractivity contribution in [2.45, 2.75) is 46.1 Å². The van der Waals surface area contributed by atoms with E-state index < -0.39 is 6.55 Å². The molecule has 0 saturated heterocycles. The fraction of sp³-hybridized carbons (Fsp3) is 0.778. The van der Waals surface area contributed by atoms with Crippen LogP contribution in [0.15, 0.2) is 0 Å². The van der Waals surface area contributed by atoms with Crippen LogP contribution in [0, 0.1) is 0 Å². The zero-order valence-electron chi connectivity index (χ0n) is 8.83. The highest BCUT2D eigenvalue weighted by atomic mass is 19.3. The van der Waals surface area contributed by atoms with Crippen LogP contribution in [0.25, 0.3) is 0 Å². The summed E-state index contributed by atoms with van der Waals surface area (Å²) in [6.07, 6.45) is 0. The summed E-state index contributed by atoms with van der Waals surface area (Å²) in [5, 5.41) is 7.57. The van der Waals surface area contributed by atoms with Gasteiger partial charge in [0, 0.05) is 0 Å². The van der Waals surface area contributed by atoms with E-state index in [1.165, 1.54) is 0 Å². The first kappa shape index (κ1) is 11.1. The van der Waals surface area contributed by atoms with Crippen LogP contribution in [0.2, 0.25) is 0 Å². The van der Waals surface area contributed by atoms with Crippen LogP contribution < -0.4 is 0 Å². The maximum atomic E-state index is 12.3. The van der Waals surface area contributed by atoms with E-state index in [2.05, 4.69) is 10.2 Å². The lowest BCUT2D eigenvalue weighted by atomic mass is 10.0. The smallest absolute Gasteiger partial charge is 0.182 e. The second kappa shape index (κ2) is 4.02. The summed E-state index contributed by atoms with van der Waals surface area (Å²) in [5.74, 6) is 0.250. The van der Waals surface area contributed by atoms with Crippen LogP contribution in [0.1, 0.15) is 57.5 Å². The van der Waals surface area contributed by atoms with Crippen LogP contribution in [0.5, 0.6) is 0 Å². The number of aromatic nitrogens is 3. The lowest BCUT2D eigenvalue weighted by molar-refractivity contribution is 0.0405. The SMILES string of the molecule is CC(C)c1nn(C(F)F)nc1C(C)C. The third kappa shape index (κ3) is 2.08. The Labute approximate surface area is 82.1 Å². The van der Waals surface area contributed by atoms with Gasteiger partial charge in [0.25, 0.3) is 0 Å². The van der Waals surface area contributed by atoms with Gasteiger partial charge in [-0.05, 0) is 11.8 Å². The molecule has 14 heavy (non-hydrogen) atoms. The van der Waals surface area contributed by atoms with Crippen molar-refractivity contribution in [3.8, 4) is 0 Å². The summed E-state index contributed by atoms with van der Waals surface area (Å²) in [6.45, 7) is 5.04. The number of halogens is 2. The first-order valence-corrected chi connectivity index (χ1v) is 4.68. The fourth-order valence-electron chi connectivity index (χ4n) is 1.26. The Bertz CT molecular complexity index is 280. The van der Waals surface area contributed by atoms with E-state index in [0.717, 1.165) is 0 Å². The highest BCUT2D eigenvalue weighted by molar-refractivity contribution is 5.16. The number of alkyl halides is 2. The quantitative estimate of drug-likeness (QED) is 0.756. The molecule has 1 rings (SSSR count). The summed E-state index contributed by atoms with van der Waals surface area (Å²) in [7, 11) is 0. The molecule has 0 amide bonds. The molecule has 0 aliphatic heterocycles. The van der Waals surface area contributed by atoms with Gasteiger partial charge in [0.15, 0.2) is 0 Å². The first-order valence-electron chi connectivity index (χ1n) is 4.68. The van der Waals surface area contributed by atoms with Gasteiger partial charge in [0.2, 0.25) is 0 Å². The van der Waals surface area contributed by atoms with Crippen molar-refractivity contribution < 1.29 is 8.78 Å². The topological polar surface area (TPSA) is 30.7 Å². The van der Waals surface area contributed by atoms with E-state index in [9.17, 15) is 8.78 Å². The average molecular weight is 203 g/mol. The summed E-state index contributed by atoms with van der Waals surface area (Å²) >= 11 is 0. The number of nitrogens with zero attached hydrogens (tertiary/aromatic N) is 3. The fourth-order valence-corrected chi connectivity index (χ4v) is 1.26. The standard InChI is InChI=1S/C9H15F2N3/c1-5(2)7-8(6(3)4)13-14(12-7)9(10)11/h5-6,9H,1-4H3. The Kier molecular flexibility index (Phi) is 3.18. The molecule has 0 aromatic carbocycles. The first-order chi connectivity index (χ1) is 6.43. The summed E-state index contributed by atoms with van der Waals surface area (Å²) in [4.78, 5) is 0.491. The molecule has 0 atom stereocenters. The van der Waals surface area contributed by atoms with Crippen molar-refractivity contribution in [1.82, 2.24) is 15.0 Å². The van der Waals surface area contributed by atoms with Gasteiger partial charge in [-0.25, -0.2) is 0 Å². The van der Waals surface area contributed by atoms with Gasteiger partial charge >= 0.3 is 6.55 Å². The monoisotopic (exact) mass is 203 g/mol. The molecule has 1 heterocycles. The van der Waals surface area contributed by atoms with Gasteiger partial charge in [0.1, 0.15) is 0 Å². The van der Waals surface area contributed by atoms with Crippen molar-refractivity contribution in [2.75, 3.05) is 0 Å². The minimum atomic E-state index is -2.65. The molecule has 5 heteroatoms. The van der Waals surface area contributed by atoms with Crippen LogP contribution in [-0.2, 0) is 0 Å². The largest absolute Gasteiger partial charge is 0.348 e. The van der Waals surface area contributed by atoms with E-state index in [0.29, 0.717) is 16.2 Å². The van der Waals surface area contributed by atoms with Crippen molar-refractivity contribution in [2.24, 2.45) is 0 Å². The molecule has 0 spiro atoms. The summed E-state index contributed by atoms with van der Waals surface area (Å²) < 4.78 is 24.7. The summed E-state index contributed by atoms with van der Waals surface area (Å²) in [6, 6.07) is 0. The van der Waals surface area contributed by atoms with Crippen molar-refractivity contribution in [3.05, 3.63) is 11.4 Å².